The summed E-state index contributed by atoms with van der Waals surface area (Å²) < 4.78 is 11.6. The first kappa shape index (κ1) is 21.0. The zero-order chi connectivity index (χ0) is 20.1. The van der Waals surface area contributed by atoms with E-state index in [0.29, 0.717) is 5.66 Å². The molecular formula is C26H37O2P. The Kier molecular flexibility index (Phi) is 7.35. The molecule has 2 fully saturated rings. The quantitative estimate of drug-likeness (QED) is 0.449. The normalized spacial score (nSPS) is 23.8. The van der Waals surface area contributed by atoms with E-state index >= 15 is 0 Å². The van der Waals surface area contributed by atoms with Crippen LogP contribution in [0.2, 0.25) is 0 Å². The van der Waals surface area contributed by atoms with Gasteiger partial charge in [-0.15, -0.1) is 0 Å². The van der Waals surface area contributed by atoms with Crippen molar-refractivity contribution in [2.24, 2.45) is 0 Å². The molecule has 0 bridgehead atoms. The lowest BCUT2D eigenvalue weighted by Gasteiger charge is -2.44. The summed E-state index contributed by atoms with van der Waals surface area (Å²) in [5.74, 6) is 1.91. The van der Waals surface area contributed by atoms with Gasteiger partial charge in [0.25, 0.3) is 0 Å². The molecule has 0 radical (unpaired) electrons. The van der Waals surface area contributed by atoms with Gasteiger partial charge in [0.05, 0.1) is 19.8 Å². The third kappa shape index (κ3) is 4.58. The summed E-state index contributed by atoms with van der Waals surface area (Å²) in [6.07, 6.45) is 22.7. The van der Waals surface area contributed by atoms with E-state index in [9.17, 15) is 0 Å². The summed E-state index contributed by atoms with van der Waals surface area (Å²) >= 11 is 0. The van der Waals surface area contributed by atoms with Crippen molar-refractivity contribution in [3.05, 3.63) is 42.0 Å². The van der Waals surface area contributed by atoms with E-state index in [0.717, 1.165) is 22.8 Å². The second-order valence-electron chi connectivity index (χ2n) is 8.87. The van der Waals surface area contributed by atoms with Gasteiger partial charge in [-0.05, 0) is 61.1 Å². The summed E-state index contributed by atoms with van der Waals surface area (Å²) in [7, 11) is 3.54. The van der Waals surface area contributed by atoms with Crippen molar-refractivity contribution in [1.82, 2.24) is 0 Å². The van der Waals surface area contributed by atoms with Gasteiger partial charge in [-0.25, -0.2) is 0 Å². The van der Waals surface area contributed by atoms with Crippen LogP contribution in [-0.4, -0.2) is 31.2 Å². The lowest BCUT2D eigenvalue weighted by Crippen LogP contribution is -2.28. The van der Waals surface area contributed by atoms with Crippen molar-refractivity contribution in [2.45, 2.75) is 87.6 Å². The maximum atomic E-state index is 5.82. The van der Waals surface area contributed by atoms with Crippen LogP contribution in [0.3, 0.4) is 0 Å². The van der Waals surface area contributed by atoms with Crippen LogP contribution in [0.15, 0.2) is 36.4 Å². The highest BCUT2D eigenvalue weighted by Gasteiger charge is 2.39. The first-order valence-corrected chi connectivity index (χ1v) is 13.2. The molecule has 0 aromatic heterocycles. The Balaban J connectivity index is 1.74. The standard InChI is InChI=1S/C26H37O2P/c1-27-23-17-11-18-24(28-2)26(23)22-16-9-10-19-25(22)29(20-12-5-3-6-13-20)21-14-7-4-8-15-21/h9-11,16-18,20-21,25H,3-8,12-15,19H2,1-2H3. The zero-order valence-corrected chi connectivity index (χ0v) is 19.1. The Morgan fingerprint density at radius 3 is 1.86 bits per heavy atom. The Morgan fingerprint density at radius 2 is 1.34 bits per heavy atom. The molecule has 158 valence electrons. The molecule has 1 atom stereocenters. The Morgan fingerprint density at radius 1 is 0.793 bits per heavy atom. The smallest absolute Gasteiger partial charge is 0.130 e. The number of hydrogen-bond acceptors (Lipinski definition) is 2. The summed E-state index contributed by atoms with van der Waals surface area (Å²) in [5.41, 5.74) is 5.21. The second kappa shape index (κ2) is 10.2. The first-order valence-electron chi connectivity index (χ1n) is 11.7. The molecule has 2 saturated carbocycles. The monoisotopic (exact) mass is 412 g/mol. The highest BCUT2D eigenvalue weighted by Crippen LogP contribution is 2.63. The van der Waals surface area contributed by atoms with Crippen LogP contribution in [0, 0.1) is 0 Å². The van der Waals surface area contributed by atoms with Crippen molar-refractivity contribution < 1.29 is 9.47 Å². The fourth-order valence-corrected chi connectivity index (χ4v) is 10.3. The molecule has 0 N–H and O–H groups in total. The molecule has 0 amide bonds. The molecule has 1 unspecified atom stereocenters. The fraction of sp³-hybridized carbons (Fsp3) is 0.615. The SMILES string of the molecule is COc1cccc(OC)c1C1=CC=CCC1P(C1CCCCC1)C1CCCCC1. The average Bonchev–Trinajstić information content (AvgIpc) is 2.80. The van der Waals surface area contributed by atoms with Crippen molar-refractivity contribution >= 4 is 13.5 Å². The van der Waals surface area contributed by atoms with Gasteiger partial charge in [0.15, 0.2) is 0 Å². The van der Waals surface area contributed by atoms with E-state index in [1.807, 2.05) is 6.07 Å². The second-order valence-corrected chi connectivity index (χ2v) is 11.8. The van der Waals surface area contributed by atoms with Gasteiger partial charge in [0.2, 0.25) is 0 Å². The summed E-state index contributed by atoms with van der Waals surface area (Å²) in [5, 5.41) is 0. The topological polar surface area (TPSA) is 18.5 Å². The van der Waals surface area contributed by atoms with Crippen molar-refractivity contribution in [3.8, 4) is 11.5 Å². The van der Waals surface area contributed by atoms with Crippen LogP contribution in [0.4, 0.5) is 0 Å². The van der Waals surface area contributed by atoms with E-state index in [4.69, 9.17) is 9.47 Å². The molecule has 0 heterocycles. The first-order chi connectivity index (χ1) is 14.3. The summed E-state index contributed by atoms with van der Waals surface area (Å²) in [6.45, 7) is 0. The third-order valence-electron chi connectivity index (χ3n) is 7.20. The number of hydrogen-bond donors (Lipinski definition) is 0. The van der Waals surface area contributed by atoms with Gasteiger partial charge in [-0.1, -0.05) is 70.7 Å². The number of ether oxygens (including phenoxy) is 2. The fourth-order valence-electron chi connectivity index (χ4n) is 5.85. The van der Waals surface area contributed by atoms with E-state index < -0.39 is 0 Å². The number of methoxy groups -OCH3 is 2. The van der Waals surface area contributed by atoms with Crippen molar-refractivity contribution in [3.63, 3.8) is 0 Å². The predicted molar refractivity (Wildman–Crippen MR) is 126 cm³/mol. The van der Waals surface area contributed by atoms with Gasteiger partial charge in [-0.2, -0.15) is 0 Å². The van der Waals surface area contributed by atoms with Crippen LogP contribution in [-0.2, 0) is 0 Å². The highest BCUT2D eigenvalue weighted by molar-refractivity contribution is 7.60. The van der Waals surface area contributed by atoms with E-state index in [1.54, 1.807) is 14.2 Å². The lowest BCUT2D eigenvalue weighted by molar-refractivity contribution is 0.391. The number of rotatable bonds is 6. The molecule has 3 aliphatic rings. The zero-order valence-electron chi connectivity index (χ0n) is 18.2. The Labute approximate surface area is 178 Å². The molecule has 0 aliphatic heterocycles. The molecular weight excluding hydrogens is 375 g/mol. The molecule has 2 nitrogen and oxygen atoms in total. The number of allylic oxidation sites excluding steroid dienone is 4. The maximum absolute atomic E-state index is 5.82. The van der Waals surface area contributed by atoms with Crippen LogP contribution in [0.5, 0.6) is 11.5 Å². The van der Waals surface area contributed by atoms with Crippen LogP contribution < -0.4 is 9.47 Å². The predicted octanol–water partition coefficient (Wildman–Crippen LogP) is 7.56. The minimum atomic E-state index is -0.0435. The van der Waals surface area contributed by atoms with Crippen LogP contribution >= 0.6 is 7.92 Å². The highest BCUT2D eigenvalue weighted by atomic mass is 31.1. The average molecular weight is 413 g/mol. The van der Waals surface area contributed by atoms with Crippen LogP contribution in [0.1, 0.15) is 76.2 Å². The van der Waals surface area contributed by atoms with Gasteiger partial charge in [0.1, 0.15) is 11.5 Å². The minimum absolute atomic E-state index is 0.0435. The Bertz CT molecular complexity index is 686. The summed E-state index contributed by atoms with van der Waals surface area (Å²) in [4.78, 5) is 0. The summed E-state index contributed by atoms with van der Waals surface area (Å²) in [6, 6.07) is 6.23. The molecule has 29 heavy (non-hydrogen) atoms. The maximum Gasteiger partial charge on any atom is 0.130 e. The molecule has 3 aliphatic carbocycles. The van der Waals surface area contributed by atoms with Gasteiger partial charge in [-0.3, -0.25) is 0 Å². The van der Waals surface area contributed by atoms with Crippen LogP contribution in [0.25, 0.3) is 5.57 Å². The number of benzene rings is 1. The Hall–Kier alpha value is -1.27. The third-order valence-corrected chi connectivity index (χ3v) is 11.1. The van der Waals surface area contributed by atoms with Crippen molar-refractivity contribution in [1.29, 1.82) is 0 Å². The van der Waals surface area contributed by atoms with E-state index in [-0.39, 0.29) is 7.92 Å². The van der Waals surface area contributed by atoms with E-state index in [2.05, 4.69) is 30.4 Å². The van der Waals surface area contributed by atoms with Crippen molar-refractivity contribution in [2.75, 3.05) is 14.2 Å². The van der Waals surface area contributed by atoms with Gasteiger partial charge >= 0.3 is 0 Å². The molecule has 0 spiro atoms. The molecule has 0 saturated heterocycles. The minimum Gasteiger partial charge on any atom is -0.496 e. The lowest BCUT2D eigenvalue weighted by atomic mass is 9.95. The molecule has 1 aromatic rings. The molecule has 4 rings (SSSR count). The van der Waals surface area contributed by atoms with E-state index in [1.165, 1.54) is 81.8 Å². The molecule has 3 heteroatoms. The molecule has 1 aromatic carbocycles. The largest absolute Gasteiger partial charge is 0.496 e. The van der Waals surface area contributed by atoms with Gasteiger partial charge in [0, 0.05) is 5.66 Å². The van der Waals surface area contributed by atoms with Gasteiger partial charge < -0.3 is 9.47 Å².